The third kappa shape index (κ3) is 3.56. The van der Waals surface area contributed by atoms with Gasteiger partial charge in [0, 0.05) is 5.56 Å². The van der Waals surface area contributed by atoms with E-state index in [9.17, 15) is 0 Å². The van der Waals surface area contributed by atoms with Crippen LogP contribution >= 0.6 is 11.6 Å². The third-order valence-electron chi connectivity index (χ3n) is 3.60. The molecule has 2 heteroatoms. The molecule has 21 heavy (non-hydrogen) atoms. The van der Waals surface area contributed by atoms with Gasteiger partial charge in [0.05, 0.1) is 10.9 Å². The van der Waals surface area contributed by atoms with Crippen LogP contribution in [0.3, 0.4) is 0 Å². The first-order valence-electron chi connectivity index (χ1n) is 6.95. The molecule has 0 aliphatic rings. The van der Waals surface area contributed by atoms with Crippen LogP contribution in [0.25, 0.3) is 11.3 Å². The maximum absolute atomic E-state index is 6.01. The normalized spacial score (nSPS) is 11.8. The van der Waals surface area contributed by atoms with Gasteiger partial charge in [-0.25, -0.2) is 0 Å². The molecular formula is C19H20ClN. The van der Waals surface area contributed by atoms with Crippen molar-refractivity contribution in [1.29, 1.82) is 0 Å². The zero-order valence-electron chi connectivity index (χ0n) is 12.7. The van der Waals surface area contributed by atoms with E-state index < -0.39 is 0 Å². The van der Waals surface area contributed by atoms with E-state index in [1.54, 1.807) is 0 Å². The molecule has 0 atom stereocenters. The number of hydrogen-bond donors (Lipinski definition) is 1. The Morgan fingerprint density at radius 1 is 0.905 bits per heavy atom. The number of benzene rings is 2. The van der Waals surface area contributed by atoms with Gasteiger partial charge in [-0.05, 0) is 43.0 Å². The number of allylic oxidation sites excluding steroid dienone is 1. The van der Waals surface area contributed by atoms with Gasteiger partial charge in [0.15, 0.2) is 0 Å². The van der Waals surface area contributed by atoms with E-state index in [-0.39, 0.29) is 0 Å². The maximum atomic E-state index is 6.01. The van der Waals surface area contributed by atoms with Crippen molar-refractivity contribution in [3.8, 4) is 0 Å². The topological polar surface area (TPSA) is 12.0 Å². The second-order valence-electron chi connectivity index (χ2n) is 5.16. The molecule has 0 saturated heterocycles. The SMILES string of the molecule is C=C(Cl)N/C(=C(/C)c1ccccc1C)c1ccccc1C. The molecule has 0 radical (unpaired) electrons. The average Bonchev–Trinajstić information content (AvgIpc) is 2.45. The van der Waals surface area contributed by atoms with Crippen molar-refractivity contribution in [3.05, 3.63) is 82.5 Å². The highest BCUT2D eigenvalue weighted by atomic mass is 35.5. The second-order valence-corrected chi connectivity index (χ2v) is 5.62. The molecule has 0 saturated carbocycles. The molecule has 0 aliphatic heterocycles. The van der Waals surface area contributed by atoms with Gasteiger partial charge in [0.2, 0.25) is 0 Å². The molecule has 0 amide bonds. The summed E-state index contributed by atoms with van der Waals surface area (Å²) >= 11 is 6.01. The number of rotatable bonds is 4. The Labute approximate surface area is 132 Å². The minimum Gasteiger partial charge on any atom is -0.346 e. The lowest BCUT2D eigenvalue weighted by Crippen LogP contribution is -2.10. The monoisotopic (exact) mass is 297 g/mol. The molecular weight excluding hydrogens is 278 g/mol. The molecule has 108 valence electrons. The molecule has 2 rings (SSSR count). The largest absolute Gasteiger partial charge is 0.346 e. The number of nitrogens with one attached hydrogen (secondary N) is 1. The summed E-state index contributed by atoms with van der Waals surface area (Å²) in [5.74, 6) is 0. The lowest BCUT2D eigenvalue weighted by molar-refractivity contribution is 1.17. The highest BCUT2D eigenvalue weighted by molar-refractivity contribution is 6.29. The lowest BCUT2D eigenvalue weighted by Gasteiger charge is -2.18. The lowest BCUT2D eigenvalue weighted by atomic mass is 9.95. The zero-order chi connectivity index (χ0) is 15.4. The Hall–Kier alpha value is -1.99. The number of hydrogen-bond acceptors (Lipinski definition) is 1. The third-order valence-corrected chi connectivity index (χ3v) is 3.69. The molecule has 0 aromatic heterocycles. The molecule has 0 bridgehead atoms. The molecule has 1 nitrogen and oxygen atoms in total. The summed E-state index contributed by atoms with van der Waals surface area (Å²) in [4.78, 5) is 0. The zero-order valence-corrected chi connectivity index (χ0v) is 13.5. The summed E-state index contributed by atoms with van der Waals surface area (Å²) in [6, 6.07) is 16.6. The molecule has 0 heterocycles. The smallest absolute Gasteiger partial charge is 0.0989 e. The summed E-state index contributed by atoms with van der Waals surface area (Å²) in [5, 5.41) is 3.63. The standard InChI is InChI=1S/C19H20ClN/c1-13-9-5-7-11-17(13)15(3)19(21-16(4)20)18-12-8-6-10-14(18)2/h5-12,21H,4H2,1-3H3/b19-15-. The quantitative estimate of drug-likeness (QED) is 0.581. The summed E-state index contributed by atoms with van der Waals surface area (Å²) in [5.41, 5.74) is 6.95. The van der Waals surface area contributed by atoms with Crippen LogP contribution in [0, 0.1) is 13.8 Å². The van der Waals surface area contributed by atoms with Crippen molar-refractivity contribution >= 4 is 22.9 Å². The Kier molecular flexibility index (Phi) is 4.87. The first kappa shape index (κ1) is 15.4. The minimum atomic E-state index is 0.418. The Morgan fingerprint density at radius 2 is 1.38 bits per heavy atom. The predicted molar refractivity (Wildman–Crippen MR) is 93.0 cm³/mol. The van der Waals surface area contributed by atoms with Crippen LogP contribution < -0.4 is 5.32 Å². The van der Waals surface area contributed by atoms with Crippen LogP contribution in [-0.4, -0.2) is 0 Å². The number of halogens is 1. The maximum Gasteiger partial charge on any atom is 0.0989 e. The molecule has 0 spiro atoms. The average molecular weight is 298 g/mol. The molecule has 2 aromatic rings. The van der Waals surface area contributed by atoms with Gasteiger partial charge in [0.1, 0.15) is 0 Å². The van der Waals surface area contributed by atoms with Crippen LogP contribution in [0.15, 0.2) is 60.3 Å². The molecule has 1 N–H and O–H groups in total. The van der Waals surface area contributed by atoms with Gasteiger partial charge in [-0.3, -0.25) is 0 Å². The molecule has 0 unspecified atom stereocenters. The Bertz CT molecular complexity index is 698. The van der Waals surface area contributed by atoms with E-state index in [4.69, 9.17) is 11.6 Å². The van der Waals surface area contributed by atoms with Crippen LogP contribution in [0.1, 0.15) is 29.2 Å². The Morgan fingerprint density at radius 3 is 1.86 bits per heavy atom. The van der Waals surface area contributed by atoms with Crippen molar-refractivity contribution in [2.45, 2.75) is 20.8 Å². The summed E-state index contributed by atoms with van der Waals surface area (Å²) in [6.45, 7) is 10.1. The van der Waals surface area contributed by atoms with Gasteiger partial charge in [-0.15, -0.1) is 0 Å². The fourth-order valence-corrected chi connectivity index (χ4v) is 2.57. The van der Waals surface area contributed by atoms with E-state index in [0.717, 1.165) is 16.8 Å². The van der Waals surface area contributed by atoms with Crippen molar-refractivity contribution in [3.63, 3.8) is 0 Å². The molecule has 0 fully saturated rings. The highest BCUT2D eigenvalue weighted by Gasteiger charge is 2.11. The number of aryl methyl sites for hydroxylation is 2. The van der Waals surface area contributed by atoms with Crippen molar-refractivity contribution in [2.24, 2.45) is 0 Å². The first-order chi connectivity index (χ1) is 10.0. The van der Waals surface area contributed by atoms with Gasteiger partial charge < -0.3 is 5.32 Å². The van der Waals surface area contributed by atoms with Gasteiger partial charge in [-0.1, -0.05) is 66.7 Å². The first-order valence-corrected chi connectivity index (χ1v) is 7.33. The second kappa shape index (κ2) is 6.64. The van der Waals surface area contributed by atoms with Crippen molar-refractivity contribution < 1.29 is 0 Å². The fraction of sp³-hybridized carbons (Fsp3) is 0.158. The summed E-state index contributed by atoms with van der Waals surface area (Å²) in [6.07, 6.45) is 0. The van der Waals surface area contributed by atoms with Crippen LogP contribution in [0.5, 0.6) is 0 Å². The Balaban J connectivity index is 2.65. The fourth-order valence-electron chi connectivity index (χ4n) is 2.48. The molecule has 0 aliphatic carbocycles. The van der Waals surface area contributed by atoms with E-state index in [0.29, 0.717) is 5.16 Å². The van der Waals surface area contributed by atoms with E-state index in [2.05, 4.69) is 63.0 Å². The van der Waals surface area contributed by atoms with Gasteiger partial charge >= 0.3 is 0 Å². The van der Waals surface area contributed by atoms with Crippen LogP contribution in [-0.2, 0) is 0 Å². The van der Waals surface area contributed by atoms with E-state index in [1.165, 1.54) is 16.7 Å². The van der Waals surface area contributed by atoms with E-state index >= 15 is 0 Å². The molecule has 2 aromatic carbocycles. The summed E-state index contributed by atoms with van der Waals surface area (Å²) in [7, 11) is 0. The van der Waals surface area contributed by atoms with Crippen molar-refractivity contribution in [2.75, 3.05) is 0 Å². The van der Waals surface area contributed by atoms with Gasteiger partial charge in [0.25, 0.3) is 0 Å². The van der Waals surface area contributed by atoms with Crippen LogP contribution in [0.4, 0.5) is 0 Å². The minimum absolute atomic E-state index is 0.418. The van der Waals surface area contributed by atoms with Crippen molar-refractivity contribution in [1.82, 2.24) is 5.32 Å². The van der Waals surface area contributed by atoms with Gasteiger partial charge in [-0.2, -0.15) is 0 Å². The van der Waals surface area contributed by atoms with Crippen LogP contribution in [0.2, 0.25) is 0 Å². The summed E-state index contributed by atoms with van der Waals surface area (Å²) < 4.78 is 0. The predicted octanol–water partition coefficient (Wildman–Crippen LogP) is 5.49. The highest BCUT2D eigenvalue weighted by Crippen LogP contribution is 2.28. The van der Waals surface area contributed by atoms with E-state index in [1.807, 2.05) is 18.2 Å².